The lowest BCUT2D eigenvalue weighted by Crippen LogP contribution is -2.29. The number of amides is 1. The van der Waals surface area contributed by atoms with E-state index in [1.54, 1.807) is 11.3 Å². The molecule has 27 heavy (non-hydrogen) atoms. The van der Waals surface area contributed by atoms with Gasteiger partial charge < -0.3 is 5.32 Å². The van der Waals surface area contributed by atoms with Crippen LogP contribution in [0.25, 0.3) is 10.2 Å². The molecule has 0 radical (unpaired) electrons. The van der Waals surface area contributed by atoms with Crippen LogP contribution < -0.4 is 10.9 Å². The molecule has 0 aliphatic rings. The number of hydrogen-bond acceptors (Lipinski definition) is 6. The molecule has 0 aliphatic heterocycles. The van der Waals surface area contributed by atoms with Gasteiger partial charge in [-0.15, -0.1) is 22.7 Å². The Hall–Kier alpha value is -2.06. The molecule has 1 amide bonds. The summed E-state index contributed by atoms with van der Waals surface area (Å²) >= 11 is 3.14. The van der Waals surface area contributed by atoms with Crippen LogP contribution in [0.2, 0.25) is 0 Å². The quantitative estimate of drug-likeness (QED) is 0.675. The molecule has 1 atom stereocenters. The average molecular weight is 405 g/mol. The van der Waals surface area contributed by atoms with Gasteiger partial charge in [-0.25, -0.2) is 9.97 Å². The van der Waals surface area contributed by atoms with Gasteiger partial charge >= 0.3 is 0 Å². The SMILES string of the molecule is Cc1sc2ncn(CCC(=O)NC(C)c3csc(C(C)C)n3)c(=O)c2c1C. The molecule has 3 rings (SSSR count). The molecule has 0 fully saturated rings. The minimum atomic E-state index is -0.152. The van der Waals surface area contributed by atoms with Crippen LogP contribution in [0, 0.1) is 13.8 Å². The Balaban J connectivity index is 1.65. The van der Waals surface area contributed by atoms with E-state index in [1.165, 1.54) is 22.2 Å². The van der Waals surface area contributed by atoms with Crippen molar-refractivity contribution in [1.82, 2.24) is 19.9 Å². The minimum Gasteiger partial charge on any atom is -0.348 e. The summed E-state index contributed by atoms with van der Waals surface area (Å²) in [6.45, 7) is 10.4. The van der Waals surface area contributed by atoms with Gasteiger partial charge in [-0.2, -0.15) is 0 Å². The van der Waals surface area contributed by atoms with Gasteiger partial charge in [0.25, 0.3) is 5.56 Å². The molecule has 3 aromatic rings. The Morgan fingerprint density at radius 2 is 2.04 bits per heavy atom. The fraction of sp³-hybridized carbons (Fsp3) is 0.474. The summed E-state index contributed by atoms with van der Waals surface area (Å²) in [4.78, 5) is 35.8. The molecule has 144 valence electrons. The standard InChI is InChI=1S/C19H24N4O2S2/c1-10(2)17-22-14(8-26-17)12(4)21-15(24)6-7-23-9-20-18-16(19(23)25)11(3)13(5)27-18/h8-10,12H,6-7H2,1-5H3,(H,21,24). The number of rotatable bonds is 6. The topological polar surface area (TPSA) is 76.9 Å². The van der Waals surface area contributed by atoms with Crippen molar-refractivity contribution in [1.29, 1.82) is 0 Å². The molecule has 3 heterocycles. The molecule has 0 aromatic carbocycles. The molecule has 0 saturated carbocycles. The predicted octanol–water partition coefficient (Wildman–Crippen LogP) is 3.92. The molecule has 0 spiro atoms. The van der Waals surface area contributed by atoms with Crippen LogP contribution in [0.5, 0.6) is 0 Å². The second-order valence-electron chi connectivity index (χ2n) is 7.01. The van der Waals surface area contributed by atoms with Crippen LogP contribution in [0.1, 0.15) is 60.3 Å². The van der Waals surface area contributed by atoms with Crippen LogP contribution in [0.3, 0.4) is 0 Å². The third-order valence-electron chi connectivity index (χ3n) is 4.59. The van der Waals surface area contributed by atoms with E-state index >= 15 is 0 Å². The fourth-order valence-corrected chi connectivity index (χ4v) is 4.72. The van der Waals surface area contributed by atoms with Gasteiger partial charge in [-0.1, -0.05) is 13.8 Å². The van der Waals surface area contributed by atoms with Crippen molar-refractivity contribution in [3.8, 4) is 0 Å². The predicted molar refractivity (Wildman–Crippen MR) is 111 cm³/mol. The third-order valence-corrected chi connectivity index (χ3v) is 6.87. The van der Waals surface area contributed by atoms with Crippen molar-refractivity contribution in [2.24, 2.45) is 0 Å². The zero-order chi connectivity index (χ0) is 19.7. The third kappa shape index (κ3) is 4.11. The maximum Gasteiger partial charge on any atom is 0.262 e. The van der Waals surface area contributed by atoms with Crippen LogP contribution >= 0.6 is 22.7 Å². The van der Waals surface area contributed by atoms with Crippen LogP contribution in [-0.4, -0.2) is 20.4 Å². The van der Waals surface area contributed by atoms with Crippen molar-refractivity contribution >= 4 is 38.8 Å². The number of carbonyl (C=O) groups excluding carboxylic acids is 1. The molecule has 6 nitrogen and oxygen atoms in total. The Morgan fingerprint density at radius 3 is 2.70 bits per heavy atom. The van der Waals surface area contributed by atoms with Gasteiger partial charge in [-0.3, -0.25) is 14.2 Å². The number of aromatic nitrogens is 3. The van der Waals surface area contributed by atoms with E-state index in [2.05, 4.69) is 29.1 Å². The van der Waals surface area contributed by atoms with E-state index in [0.29, 0.717) is 17.8 Å². The molecule has 0 saturated heterocycles. The zero-order valence-corrected chi connectivity index (χ0v) is 17.8. The van der Waals surface area contributed by atoms with E-state index in [9.17, 15) is 9.59 Å². The van der Waals surface area contributed by atoms with E-state index in [-0.39, 0.29) is 23.9 Å². The summed E-state index contributed by atoms with van der Waals surface area (Å²) in [5.41, 5.74) is 1.77. The second kappa shape index (κ2) is 7.90. The van der Waals surface area contributed by atoms with Gasteiger partial charge in [-0.05, 0) is 26.3 Å². The van der Waals surface area contributed by atoms with E-state index in [1.807, 2.05) is 26.2 Å². The maximum absolute atomic E-state index is 12.7. The highest BCUT2D eigenvalue weighted by Crippen LogP contribution is 2.25. The number of carbonyl (C=O) groups is 1. The monoisotopic (exact) mass is 404 g/mol. The first-order valence-corrected chi connectivity index (χ1v) is 10.7. The summed E-state index contributed by atoms with van der Waals surface area (Å²) in [6, 6.07) is -0.152. The summed E-state index contributed by atoms with van der Waals surface area (Å²) < 4.78 is 1.52. The largest absolute Gasteiger partial charge is 0.348 e. The highest BCUT2D eigenvalue weighted by atomic mass is 32.1. The Morgan fingerprint density at radius 1 is 1.30 bits per heavy atom. The number of thiazole rings is 1. The maximum atomic E-state index is 12.7. The van der Waals surface area contributed by atoms with Crippen molar-refractivity contribution < 1.29 is 4.79 Å². The number of nitrogens with zero attached hydrogens (tertiary/aromatic N) is 3. The van der Waals surface area contributed by atoms with Crippen LogP contribution in [-0.2, 0) is 11.3 Å². The minimum absolute atomic E-state index is 0.0798. The zero-order valence-electron chi connectivity index (χ0n) is 16.2. The van der Waals surface area contributed by atoms with Crippen molar-refractivity contribution in [2.75, 3.05) is 0 Å². The van der Waals surface area contributed by atoms with Gasteiger partial charge in [0.05, 0.1) is 28.5 Å². The van der Waals surface area contributed by atoms with E-state index < -0.39 is 0 Å². The second-order valence-corrected chi connectivity index (χ2v) is 9.10. The van der Waals surface area contributed by atoms with Crippen molar-refractivity contribution in [3.63, 3.8) is 0 Å². The number of thiophene rings is 1. The lowest BCUT2D eigenvalue weighted by Gasteiger charge is -2.12. The lowest BCUT2D eigenvalue weighted by atomic mass is 10.2. The Bertz CT molecular complexity index is 1030. The molecular formula is C19H24N4O2S2. The molecule has 8 heteroatoms. The van der Waals surface area contributed by atoms with Crippen molar-refractivity contribution in [3.05, 3.63) is 43.2 Å². The number of nitrogens with one attached hydrogen (secondary N) is 1. The smallest absolute Gasteiger partial charge is 0.262 e. The normalized spacial score (nSPS) is 12.7. The fourth-order valence-electron chi connectivity index (χ4n) is 2.80. The first-order chi connectivity index (χ1) is 12.8. The first-order valence-electron chi connectivity index (χ1n) is 8.97. The number of hydrogen-bond donors (Lipinski definition) is 1. The number of fused-ring (bicyclic) bond motifs is 1. The van der Waals surface area contributed by atoms with E-state index in [0.717, 1.165) is 26.0 Å². The van der Waals surface area contributed by atoms with Crippen LogP contribution in [0.15, 0.2) is 16.5 Å². The first kappa shape index (κ1) is 19.7. The summed E-state index contributed by atoms with van der Waals surface area (Å²) in [7, 11) is 0. The van der Waals surface area contributed by atoms with Gasteiger partial charge in [0, 0.05) is 29.1 Å². The highest BCUT2D eigenvalue weighted by molar-refractivity contribution is 7.18. The van der Waals surface area contributed by atoms with Gasteiger partial charge in [0.2, 0.25) is 5.91 Å². The summed E-state index contributed by atoms with van der Waals surface area (Å²) in [6.07, 6.45) is 1.76. The summed E-state index contributed by atoms with van der Waals surface area (Å²) in [5.74, 6) is 0.275. The van der Waals surface area contributed by atoms with Crippen LogP contribution in [0.4, 0.5) is 0 Å². The Kier molecular flexibility index (Phi) is 5.76. The summed E-state index contributed by atoms with van der Waals surface area (Å²) in [5, 5.41) is 6.69. The molecule has 1 N–H and O–H groups in total. The molecule has 0 bridgehead atoms. The molecule has 0 aliphatic carbocycles. The molecule has 3 aromatic heterocycles. The van der Waals surface area contributed by atoms with Gasteiger partial charge in [0.15, 0.2) is 0 Å². The average Bonchev–Trinajstić information content (AvgIpc) is 3.21. The van der Waals surface area contributed by atoms with E-state index in [4.69, 9.17) is 0 Å². The van der Waals surface area contributed by atoms with Crippen molar-refractivity contribution in [2.45, 2.75) is 59.5 Å². The number of aryl methyl sites for hydroxylation is 3. The van der Waals surface area contributed by atoms with Gasteiger partial charge in [0.1, 0.15) is 4.83 Å². The Labute approximate surface area is 166 Å². The molecular weight excluding hydrogens is 380 g/mol. The lowest BCUT2D eigenvalue weighted by molar-refractivity contribution is -0.122. The highest BCUT2D eigenvalue weighted by Gasteiger charge is 2.16. The molecule has 1 unspecified atom stereocenters.